The van der Waals surface area contributed by atoms with Crippen LogP contribution in [0, 0.1) is 0 Å². The van der Waals surface area contributed by atoms with Gasteiger partial charge in [0.15, 0.2) is 11.6 Å². The van der Waals surface area contributed by atoms with Crippen LogP contribution in [-0.2, 0) is 33.6 Å². The monoisotopic (exact) mass is 394 g/mol. The molecule has 0 spiro atoms. The predicted octanol–water partition coefficient (Wildman–Crippen LogP) is 2.43. The van der Waals surface area contributed by atoms with E-state index >= 15 is 0 Å². The Kier molecular flexibility index (Phi) is 4.84. The van der Waals surface area contributed by atoms with Crippen LogP contribution in [0.1, 0.15) is 19.2 Å². The normalized spacial score (nSPS) is 9.88. The molecule has 1 heterocycles. The molecule has 4 heteroatoms. The van der Waals surface area contributed by atoms with Crippen LogP contribution in [0.15, 0.2) is 30.3 Å². The molecule has 0 bridgehead atoms. The summed E-state index contributed by atoms with van der Waals surface area (Å²) in [6.45, 7) is 2.14. The van der Waals surface area contributed by atoms with E-state index in [-0.39, 0.29) is 20.1 Å². The van der Waals surface area contributed by atoms with Gasteiger partial charge in [-0.25, -0.2) is 9.67 Å². The molecule has 0 aliphatic rings. The summed E-state index contributed by atoms with van der Waals surface area (Å²) in [7, 11) is 1.94. The number of benzene rings is 1. The Morgan fingerprint density at radius 2 is 1.88 bits per heavy atom. The van der Waals surface area contributed by atoms with Crippen LogP contribution in [0.25, 0.3) is 11.4 Å². The van der Waals surface area contributed by atoms with Crippen LogP contribution in [0.4, 0.5) is 0 Å². The Hall–Kier alpha value is -0.991. The summed E-state index contributed by atoms with van der Waals surface area (Å²) >= 11 is 0. The third kappa shape index (κ3) is 2.77. The summed E-state index contributed by atoms with van der Waals surface area (Å²) in [6.07, 6.45) is 2.03. The van der Waals surface area contributed by atoms with Crippen LogP contribution in [0.3, 0.4) is 0 Å². The Morgan fingerprint density at radius 1 is 1.19 bits per heavy atom. The van der Waals surface area contributed by atoms with E-state index in [4.69, 9.17) is 0 Å². The Labute approximate surface area is 109 Å². The van der Waals surface area contributed by atoms with Gasteiger partial charge in [-0.2, -0.15) is 5.10 Å². The minimum atomic E-state index is 0. The van der Waals surface area contributed by atoms with Crippen LogP contribution in [0.2, 0.25) is 0 Å². The molecule has 1 aromatic heterocycles. The first-order chi connectivity index (χ1) is 7.31. The molecule has 0 unspecified atom stereocenters. The van der Waals surface area contributed by atoms with Gasteiger partial charge in [-0.1, -0.05) is 37.3 Å². The van der Waals surface area contributed by atoms with Crippen molar-refractivity contribution in [3.05, 3.63) is 36.2 Å². The number of nitrogens with zero attached hydrogens (tertiary/aromatic N) is 3. The van der Waals surface area contributed by atoms with Crippen LogP contribution in [0.5, 0.6) is 0 Å². The molecule has 0 aliphatic heterocycles. The topological polar surface area (TPSA) is 30.7 Å². The quantitative estimate of drug-likeness (QED) is 0.802. The standard InChI is InChI=1S/C12H15N3.Ir/c1-3-7-11-13-12(15(2)14-11)10-8-5-4-6-9-10;/h4-6,8-9H,3,7H2,1-2H3;. The number of hydrogen-bond acceptors (Lipinski definition) is 2. The second kappa shape index (κ2) is 5.92. The molecule has 0 atom stereocenters. The van der Waals surface area contributed by atoms with Gasteiger partial charge in [-0.15, -0.1) is 0 Å². The first-order valence-corrected chi connectivity index (χ1v) is 5.26. The fraction of sp³-hybridized carbons (Fsp3) is 0.333. The maximum Gasteiger partial charge on any atom is 0.158 e. The van der Waals surface area contributed by atoms with Gasteiger partial charge in [-0.3, -0.25) is 0 Å². The Balaban J connectivity index is 0.00000128. The van der Waals surface area contributed by atoms with Crippen molar-refractivity contribution in [1.29, 1.82) is 0 Å². The van der Waals surface area contributed by atoms with Crippen molar-refractivity contribution in [3.63, 3.8) is 0 Å². The van der Waals surface area contributed by atoms with Crippen LogP contribution < -0.4 is 0 Å². The molecule has 0 amide bonds. The molecule has 3 nitrogen and oxygen atoms in total. The van der Waals surface area contributed by atoms with E-state index in [0.29, 0.717) is 0 Å². The van der Waals surface area contributed by atoms with Gasteiger partial charge in [0.1, 0.15) is 0 Å². The summed E-state index contributed by atoms with van der Waals surface area (Å²) in [5.41, 5.74) is 1.12. The summed E-state index contributed by atoms with van der Waals surface area (Å²) in [4.78, 5) is 4.52. The summed E-state index contributed by atoms with van der Waals surface area (Å²) in [6, 6.07) is 10.2. The molecule has 16 heavy (non-hydrogen) atoms. The van der Waals surface area contributed by atoms with Crippen molar-refractivity contribution >= 4 is 0 Å². The van der Waals surface area contributed by atoms with Gasteiger partial charge in [0, 0.05) is 39.1 Å². The number of hydrogen-bond donors (Lipinski definition) is 0. The van der Waals surface area contributed by atoms with Crippen molar-refractivity contribution in [2.24, 2.45) is 7.05 Å². The fourth-order valence-corrected chi connectivity index (χ4v) is 1.61. The molecule has 2 aromatic rings. The largest absolute Gasteiger partial charge is 0.249 e. The van der Waals surface area contributed by atoms with Gasteiger partial charge < -0.3 is 0 Å². The minimum Gasteiger partial charge on any atom is -0.249 e. The average molecular weight is 393 g/mol. The fourth-order valence-electron chi connectivity index (χ4n) is 1.61. The zero-order chi connectivity index (χ0) is 10.7. The van der Waals surface area contributed by atoms with Crippen molar-refractivity contribution in [2.75, 3.05) is 0 Å². The molecule has 1 radical (unpaired) electrons. The van der Waals surface area contributed by atoms with E-state index in [1.165, 1.54) is 0 Å². The average Bonchev–Trinajstić information content (AvgIpc) is 2.61. The predicted molar refractivity (Wildman–Crippen MR) is 60.4 cm³/mol. The molecule has 2 rings (SSSR count). The maximum absolute atomic E-state index is 4.52. The van der Waals surface area contributed by atoms with E-state index in [1.54, 1.807) is 0 Å². The molecule has 0 aliphatic carbocycles. The number of rotatable bonds is 3. The zero-order valence-electron chi connectivity index (χ0n) is 9.48. The van der Waals surface area contributed by atoms with Gasteiger partial charge in [-0.05, 0) is 6.42 Å². The second-order valence-electron chi connectivity index (χ2n) is 3.59. The summed E-state index contributed by atoms with van der Waals surface area (Å²) < 4.78 is 1.85. The number of aryl methyl sites for hydroxylation is 2. The van der Waals surface area contributed by atoms with Crippen LogP contribution >= 0.6 is 0 Å². The smallest absolute Gasteiger partial charge is 0.158 e. The van der Waals surface area contributed by atoms with Gasteiger partial charge >= 0.3 is 0 Å². The third-order valence-corrected chi connectivity index (χ3v) is 2.31. The van der Waals surface area contributed by atoms with Crippen molar-refractivity contribution in [3.8, 4) is 11.4 Å². The molecular formula is C12H15IrN3. The Morgan fingerprint density at radius 3 is 2.50 bits per heavy atom. The van der Waals surface area contributed by atoms with E-state index in [0.717, 1.165) is 30.1 Å². The molecule has 0 N–H and O–H groups in total. The van der Waals surface area contributed by atoms with Gasteiger partial charge in [0.25, 0.3) is 0 Å². The molecular weight excluding hydrogens is 378 g/mol. The van der Waals surface area contributed by atoms with Crippen molar-refractivity contribution < 1.29 is 20.1 Å². The maximum atomic E-state index is 4.52. The first-order valence-electron chi connectivity index (χ1n) is 5.26. The summed E-state index contributed by atoms with van der Waals surface area (Å²) in [5, 5.41) is 4.38. The second-order valence-corrected chi connectivity index (χ2v) is 3.59. The summed E-state index contributed by atoms with van der Waals surface area (Å²) in [5.74, 6) is 1.87. The van der Waals surface area contributed by atoms with E-state index in [9.17, 15) is 0 Å². The van der Waals surface area contributed by atoms with Crippen molar-refractivity contribution in [2.45, 2.75) is 19.8 Å². The molecule has 0 fully saturated rings. The van der Waals surface area contributed by atoms with Crippen molar-refractivity contribution in [1.82, 2.24) is 14.8 Å². The molecule has 87 valence electrons. The van der Waals surface area contributed by atoms with Gasteiger partial charge in [0.2, 0.25) is 0 Å². The van der Waals surface area contributed by atoms with Gasteiger partial charge in [0.05, 0.1) is 0 Å². The number of aromatic nitrogens is 3. The SMILES string of the molecule is CCCc1nc(-c2ccccc2)n(C)n1.[Ir]. The van der Waals surface area contributed by atoms with E-state index in [1.807, 2.05) is 29.9 Å². The Bertz CT molecular complexity index is 437. The van der Waals surface area contributed by atoms with E-state index < -0.39 is 0 Å². The molecule has 1 aromatic carbocycles. The zero-order valence-corrected chi connectivity index (χ0v) is 11.9. The third-order valence-electron chi connectivity index (χ3n) is 2.31. The van der Waals surface area contributed by atoms with Crippen LogP contribution in [-0.4, -0.2) is 14.8 Å². The molecule has 0 saturated carbocycles. The first kappa shape index (κ1) is 13.1. The molecule has 0 saturated heterocycles. The minimum absolute atomic E-state index is 0. The van der Waals surface area contributed by atoms with E-state index in [2.05, 4.69) is 29.1 Å².